The molecule has 0 saturated heterocycles. The molecule has 1 rings (SSSR count). The van der Waals surface area contributed by atoms with E-state index in [1.165, 1.54) is 7.11 Å². The molecule has 0 spiro atoms. The zero-order valence-corrected chi connectivity index (χ0v) is 10.5. The van der Waals surface area contributed by atoms with Gasteiger partial charge in [-0.2, -0.15) is 0 Å². The lowest BCUT2D eigenvalue weighted by molar-refractivity contribution is 0.0982. The van der Waals surface area contributed by atoms with Crippen LogP contribution >= 0.6 is 0 Å². The van der Waals surface area contributed by atoms with Gasteiger partial charge < -0.3 is 15.6 Å². The van der Waals surface area contributed by atoms with E-state index in [1.807, 2.05) is 13.8 Å². The number of aromatic hydroxyl groups is 1. The molecule has 0 aromatic heterocycles. The van der Waals surface area contributed by atoms with Crippen LogP contribution in [0.25, 0.3) is 0 Å². The minimum absolute atomic E-state index is 0.102. The number of phenols is 1. The maximum absolute atomic E-state index is 11.8. The lowest BCUT2D eigenvalue weighted by atomic mass is 9.97. The summed E-state index contributed by atoms with van der Waals surface area (Å²) in [6, 6.07) is 3.46. The molecule has 0 unspecified atom stereocenters. The summed E-state index contributed by atoms with van der Waals surface area (Å²) in [4.78, 5) is 11.8. The van der Waals surface area contributed by atoms with Crippen molar-refractivity contribution in [2.45, 2.75) is 26.2 Å². The van der Waals surface area contributed by atoms with Gasteiger partial charge in [-0.25, -0.2) is 0 Å². The van der Waals surface area contributed by atoms with Crippen molar-refractivity contribution in [1.82, 2.24) is 0 Å². The molecule has 0 fully saturated rings. The Morgan fingerprint density at radius 2 is 2.12 bits per heavy atom. The normalized spacial score (nSPS) is 10.6. The van der Waals surface area contributed by atoms with Gasteiger partial charge in [-0.15, -0.1) is 0 Å². The van der Waals surface area contributed by atoms with E-state index in [0.717, 1.165) is 5.56 Å². The summed E-state index contributed by atoms with van der Waals surface area (Å²) in [5, 5.41) is 9.91. The standard InChI is InChI=1S/C13H19NO3/c1-8(2)9-6-10(11(15)4-5-14)13(16)12(7-9)17-3/h6-8,16H,4-5,14H2,1-3H3. The molecular formula is C13H19NO3. The molecule has 1 aromatic rings. The monoisotopic (exact) mass is 237 g/mol. The molecule has 0 heterocycles. The van der Waals surface area contributed by atoms with E-state index in [1.54, 1.807) is 12.1 Å². The highest BCUT2D eigenvalue weighted by atomic mass is 16.5. The molecule has 0 atom stereocenters. The van der Waals surface area contributed by atoms with Crippen molar-refractivity contribution >= 4 is 5.78 Å². The second-order valence-corrected chi connectivity index (χ2v) is 4.24. The van der Waals surface area contributed by atoms with Gasteiger partial charge in [0.1, 0.15) is 0 Å². The van der Waals surface area contributed by atoms with Gasteiger partial charge >= 0.3 is 0 Å². The minimum atomic E-state index is -0.161. The van der Waals surface area contributed by atoms with Crippen molar-refractivity contribution in [1.29, 1.82) is 0 Å². The van der Waals surface area contributed by atoms with Crippen LogP contribution in [0.3, 0.4) is 0 Å². The van der Waals surface area contributed by atoms with Gasteiger partial charge in [-0.05, 0) is 30.2 Å². The Labute approximate surface area is 101 Å². The maximum atomic E-state index is 11.8. The molecule has 0 bridgehead atoms. The first-order valence-electron chi connectivity index (χ1n) is 5.65. The zero-order chi connectivity index (χ0) is 13.0. The first-order valence-corrected chi connectivity index (χ1v) is 5.65. The average molecular weight is 237 g/mol. The van der Waals surface area contributed by atoms with Crippen LogP contribution in [0, 0.1) is 0 Å². The Bertz CT molecular complexity index is 413. The summed E-state index contributed by atoms with van der Waals surface area (Å²) >= 11 is 0. The summed E-state index contributed by atoms with van der Waals surface area (Å²) in [5.74, 6) is 0.326. The number of carbonyl (C=O) groups excluding carboxylic acids is 1. The molecule has 0 aliphatic carbocycles. The number of nitrogens with two attached hydrogens (primary N) is 1. The number of hydrogen-bond donors (Lipinski definition) is 2. The van der Waals surface area contributed by atoms with Crippen LogP contribution < -0.4 is 10.5 Å². The fraction of sp³-hybridized carbons (Fsp3) is 0.462. The van der Waals surface area contributed by atoms with Crippen LogP contribution in [-0.4, -0.2) is 24.5 Å². The minimum Gasteiger partial charge on any atom is -0.504 e. The zero-order valence-electron chi connectivity index (χ0n) is 10.5. The third kappa shape index (κ3) is 2.97. The Morgan fingerprint density at radius 1 is 1.47 bits per heavy atom. The molecule has 0 aliphatic rings. The van der Waals surface area contributed by atoms with E-state index in [-0.39, 0.29) is 30.4 Å². The SMILES string of the molecule is COc1cc(C(C)C)cc(C(=O)CCN)c1O. The topological polar surface area (TPSA) is 72.5 Å². The molecule has 94 valence electrons. The third-order valence-corrected chi connectivity index (χ3v) is 2.66. The van der Waals surface area contributed by atoms with E-state index in [4.69, 9.17) is 10.5 Å². The lowest BCUT2D eigenvalue weighted by Crippen LogP contribution is -2.09. The number of rotatable bonds is 5. The number of hydrogen-bond acceptors (Lipinski definition) is 4. The Morgan fingerprint density at radius 3 is 2.59 bits per heavy atom. The van der Waals surface area contributed by atoms with Crippen LogP contribution in [0.15, 0.2) is 12.1 Å². The molecule has 1 aromatic carbocycles. The molecule has 17 heavy (non-hydrogen) atoms. The Balaban J connectivity index is 3.27. The molecule has 0 amide bonds. The molecular weight excluding hydrogens is 218 g/mol. The fourth-order valence-corrected chi connectivity index (χ4v) is 1.60. The highest BCUT2D eigenvalue weighted by molar-refractivity contribution is 5.99. The molecule has 4 nitrogen and oxygen atoms in total. The Hall–Kier alpha value is -1.55. The van der Waals surface area contributed by atoms with E-state index in [2.05, 4.69) is 0 Å². The second kappa shape index (κ2) is 5.68. The summed E-state index contributed by atoms with van der Waals surface area (Å²) < 4.78 is 5.07. The van der Waals surface area contributed by atoms with E-state index >= 15 is 0 Å². The molecule has 4 heteroatoms. The quantitative estimate of drug-likeness (QED) is 0.769. The first kappa shape index (κ1) is 13.5. The summed E-state index contributed by atoms with van der Waals surface area (Å²) in [6.45, 7) is 4.30. The fourth-order valence-electron chi connectivity index (χ4n) is 1.60. The van der Waals surface area contributed by atoms with Gasteiger partial charge in [0.05, 0.1) is 12.7 Å². The lowest BCUT2D eigenvalue weighted by Gasteiger charge is -2.13. The summed E-state index contributed by atoms with van der Waals surface area (Å²) in [5.41, 5.74) is 6.60. The number of benzene rings is 1. The summed E-state index contributed by atoms with van der Waals surface area (Å²) in [6.07, 6.45) is 0.220. The van der Waals surface area contributed by atoms with Gasteiger partial charge in [0.25, 0.3) is 0 Å². The number of ether oxygens (including phenoxy) is 1. The predicted octanol–water partition coefficient (Wildman–Crippen LogP) is 2.06. The van der Waals surface area contributed by atoms with Crippen LogP contribution in [0.2, 0.25) is 0 Å². The number of methoxy groups -OCH3 is 1. The van der Waals surface area contributed by atoms with Gasteiger partial charge in [0.15, 0.2) is 17.3 Å². The van der Waals surface area contributed by atoms with Crippen LogP contribution in [0.5, 0.6) is 11.5 Å². The van der Waals surface area contributed by atoms with Crippen molar-refractivity contribution in [3.05, 3.63) is 23.3 Å². The number of carbonyl (C=O) groups is 1. The first-order chi connectivity index (χ1) is 8.01. The molecule has 0 saturated carbocycles. The van der Waals surface area contributed by atoms with Crippen LogP contribution in [0.1, 0.15) is 42.1 Å². The maximum Gasteiger partial charge on any atom is 0.168 e. The molecule has 3 N–H and O–H groups in total. The van der Waals surface area contributed by atoms with Crippen LogP contribution in [0.4, 0.5) is 0 Å². The smallest absolute Gasteiger partial charge is 0.168 e. The number of Topliss-reactive ketones (excluding diaryl/α,β-unsaturated/α-hetero) is 1. The second-order valence-electron chi connectivity index (χ2n) is 4.24. The van der Waals surface area contributed by atoms with E-state index in [9.17, 15) is 9.90 Å². The number of phenolic OH excluding ortho intramolecular Hbond substituents is 1. The van der Waals surface area contributed by atoms with Crippen LogP contribution in [-0.2, 0) is 0 Å². The number of ketones is 1. The average Bonchev–Trinajstić information content (AvgIpc) is 2.29. The van der Waals surface area contributed by atoms with Gasteiger partial charge in [0, 0.05) is 6.42 Å². The predicted molar refractivity (Wildman–Crippen MR) is 66.7 cm³/mol. The van der Waals surface area contributed by atoms with Crippen molar-refractivity contribution in [2.24, 2.45) is 5.73 Å². The highest BCUT2D eigenvalue weighted by Gasteiger charge is 2.17. The Kier molecular flexibility index (Phi) is 4.52. The van der Waals surface area contributed by atoms with Gasteiger partial charge in [-0.1, -0.05) is 13.8 Å². The molecule has 0 aliphatic heterocycles. The van der Waals surface area contributed by atoms with Crippen molar-refractivity contribution < 1.29 is 14.6 Å². The third-order valence-electron chi connectivity index (χ3n) is 2.66. The van der Waals surface area contributed by atoms with E-state index < -0.39 is 0 Å². The van der Waals surface area contributed by atoms with E-state index in [0.29, 0.717) is 11.3 Å². The van der Waals surface area contributed by atoms with Crippen molar-refractivity contribution in [2.75, 3.05) is 13.7 Å². The van der Waals surface area contributed by atoms with Gasteiger partial charge in [0.2, 0.25) is 0 Å². The summed E-state index contributed by atoms with van der Waals surface area (Å²) in [7, 11) is 1.47. The van der Waals surface area contributed by atoms with Gasteiger partial charge in [-0.3, -0.25) is 4.79 Å². The van der Waals surface area contributed by atoms with Crippen molar-refractivity contribution in [3.8, 4) is 11.5 Å². The molecule has 0 radical (unpaired) electrons. The largest absolute Gasteiger partial charge is 0.504 e. The van der Waals surface area contributed by atoms with Crippen molar-refractivity contribution in [3.63, 3.8) is 0 Å². The highest BCUT2D eigenvalue weighted by Crippen LogP contribution is 2.34.